The van der Waals surface area contributed by atoms with Crippen LogP contribution in [0, 0.1) is 0 Å². The summed E-state index contributed by atoms with van der Waals surface area (Å²) in [4.78, 5) is 26.6. The molecule has 0 aliphatic heterocycles. The van der Waals surface area contributed by atoms with Crippen LogP contribution in [0.5, 0.6) is 0 Å². The van der Waals surface area contributed by atoms with Gasteiger partial charge in [0.25, 0.3) is 0 Å². The zero-order chi connectivity index (χ0) is 12.9. The van der Waals surface area contributed by atoms with Gasteiger partial charge in [-0.2, -0.15) is 0 Å². The Morgan fingerprint density at radius 2 is 0.789 bits per heavy atom. The van der Waals surface area contributed by atoms with Gasteiger partial charge in [-0.3, -0.25) is 14.4 Å². The van der Waals surface area contributed by atoms with Gasteiger partial charge in [-0.05, 0) is 0 Å². The smallest absolute Gasteiger partial charge is 0.209 e. The molecule has 0 aromatic rings. The molecule has 11 nitrogen and oxygen atoms in total. The number of aliphatic hydroxyl groups is 6. The van der Waals surface area contributed by atoms with Crippen LogP contribution in [0.15, 0.2) is 0 Å². The van der Waals surface area contributed by atoms with E-state index in [4.69, 9.17) is 45.0 Å². The standard InChI is InChI=1S/C2H6O4.C2H4O3.C2H2O2.2CH4.2H2O/c3-1(4)2(5)6;3-1-2(4)5;3-1-2-4;;;;/h1-6H;1-2,4-5H;1-2H;2*1H4;2*1H2. The van der Waals surface area contributed by atoms with Crippen LogP contribution in [0.25, 0.3) is 0 Å². The molecule has 0 amide bonds. The van der Waals surface area contributed by atoms with Crippen LogP contribution in [0.4, 0.5) is 0 Å². The Bertz CT molecular complexity index is 145. The van der Waals surface area contributed by atoms with Gasteiger partial charge in [0, 0.05) is 0 Å². The first-order chi connectivity index (χ1) is 6.83. The van der Waals surface area contributed by atoms with E-state index >= 15 is 0 Å². The second-order valence-corrected chi connectivity index (χ2v) is 1.65. The highest BCUT2D eigenvalue weighted by Crippen LogP contribution is 1.77. The monoisotopic (exact) mass is 296 g/mol. The number of rotatable bonds is 3. The average Bonchev–Trinajstić information content (AvgIpc) is 2.19. The Balaban J connectivity index is -0.0000000209. The van der Waals surface area contributed by atoms with Gasteiger partial charge in [0.1, 0.15) is 0 Å². The fraction of sp³-hybridized carbons (Fsp3) is 0.625. The molecule has 0 bridgehead atoms. The highest BCUT2D eigenvalue weighted by Gasteiger charge is 2.04. The molecule has 0 fully saturated rings. The van der Waals surface area contributed by atoms with Gasteiger partial charge < -0.3 is 41.6 Å². The molecule has 0 aromatic carbocycles. The van der Waals surface area contributed by atoms with Crippen molar-refractivity contribution in [3.05, 3.63) is 0 Å². The van der Waals surface area contributed by atoms with Crippen LogP contribution in [0.2, 0.25) is 0 Å². The molecule has 0 aromatic heterocycles. The Morgan fingerprint density at radius 1 is 0.632 bits per heavy atom. The first kappa shape index (κ1) is 43.1. The first-order valence-corrected chi connectivity index (χ1v) is 3.26. The largest absolute Gasteiger partial charge is 0.412 e. The topological polar surface area (TPSA) is 236 Å². The third-order valence-corrected chi connectivity index (χ3v) is 0.444. The third-order valence-electron chi connectivity index (χ3n) is 0.444. The number of aliphatic hydroxyl groups excluding tert-OH is 3. The quantitative estimate of drug-likeness (QED) is 0.166. The Kier molecular flexibility index (Phi) is 81.6. The van der Waals surface area contributed by atoms with Crippen molar-refractivity contribution in [1.82, 2.24) is 0 Å². The Labute approximate surface area is 110 Å². The minimum absolute atomic E-state index is 0. The van der Waals surface area contributed by atoms with Crippen molar-refractivity contribution in [3.8, 4) is 0 Å². The van der Waals surface area contributed by atoms with Gasteiger partial charge in [0.2, 0.25) is 18.9 Å². The van der Waals surface area contributed by atoms with E-state index in [0.29, 0.717) is 0 Å². The zero-order valence-corrected chi connectivity index (χ0v) is 8.37. The maximum atomic E-state index is 9.00. The summed E-state index contributed by atoms with van der Waals surface area (Å²) >= 11 is 0. The van der Waals surface area contributed by atoms with Gasteiger partial charge in [-0.15, -0.1) is 0 Å². The highest BCUT2D eigenvalue weighted by molar-refractivity contribution is 6.09. The maximum Gasteiger partial charge on any atom is 0.209 e. The molecule has 11 heteroatoms. The van der Waals surface area contributed by atoms with Crippen LogP contribution in [0.1, 0.15) is 14.9 Å². The molecule has 0 heterocycles. The van der Waals surface area contributed by atoms with E-state index in [1.807, 2.05) is 0 Å². The number of carbonyl (C=O) groups is 3. The number of hydrogen-bond donors (Lipinski definition) is 6. The van der Waals surface area contributed by atoms with Crippen LogP contribution in [-0.4, -0.2) is 79.3 Å². The lowest BCUT2D eigenvalue weighted by Crippen LogP contribution is -2.23. The van der Waals surface area contributed by atoms with Gasteiger partial charge >= 0.3 is 0 Å². The van der Waals surface area contributed by atoms with E-state index in [1.165, 1.54) is 0 Å². The number of aldehydes is 3. The van der Waals surface area contributed by atoms with Crippen molar-refractivity contribution in [2.45, 2.75) is 33.7 Å². The van der Waals surface area contributed by atoms with Crippen molar-refractivity contribution >= 4 is 18.9 Å². The van der Waals surface area contributed by atoms with Gasteiger partial charge in [0.05, 0.1) is 0 Å². The number of carbonyl (C=O) groups excluding carboxylic acids is 3. The summed E-state index contributed by atoms with van der Waals surface area (Å²) in [6.45, 7) is 0. The van der Waals surface area contributed by atoms with Gasteiger partial charge in [0.15, 0.2) is 18.9 Å². The molecule has 19 heavy (non-hydrogen) atoms. The molecule has 0 spiro atoms. The molecule has 122 valence electrons. The van der Waals surface area contributed by atoms with E-state index in [1.54, 1.807) is 0 Å². The highest BCUT2D eigenvalue weighted by atomic mass is 16.6. The molecule has 0 radical (unpaired) electrons. The molecule has 0 unspecified atom stereocenters. The maximum absolute atomic E-state index is 9.00. The van der Waals surface area contributed by atoms with E-state index in [9.17, 15) is 0 Å². The lowest BCUT2D eigenvalue weighted by atomic mass is 10.6. The lowest BCUT2D eigenvalue weighted by molar-refractivity contribution is -0.207. The normalized spacial score (nSPS) is 6.79. The predicted octanol–water partition coefficient (Wildman–Crippen LogP) is -4.89. The van der Waals surface area contributed by atoms with Gasteiger partial charge in [-0.1, -0.05) is 14.9 Å². The van der Waals surface area contributed by atoms with Gasteiger partial charge in [-0.25, -0.2) is 0 Å². The van der Waals surface area contributed by atoms with Crippen LogP contribution < -0.4 is 0 Å². The third kappa shape index (κ3) is 111. The summed E-state index contributed by atoms with van der Waals surface area (Å²) in [5.41, 5.74) is 0. The summed E-state index contributed by atoms with van der Waals surface area (Å²) in [6, 6.07) is 0. The van der Waals surface area contributed by atoms with Crippen LogP contribution >= 0.6 is 0 Å². The second kappa shape index (κ2) is 36.0. The van der Waals surface area contributed by atoms with Crippen molar-refractivity contribution in [1.29, 1.82) is 0 Å². The summed E-state index contributed by atoms with van der Waals surface area (Å²) in [5, 5.41) is 45.8. The SMILES string of the molecule is C.C.O.O.O=CC(O)O.O=CC=O.OC(O)C(O)O. The number of hydrogen-bond acceptors (Lipinski definition) is 9. The molecular formula is C8H24O11. The fourth-order valence-electron chi connectivity index (χ4n) is 0. The molecule has 0 saturated heterocycles. The minimum Gasteiger partial charge on any atom is -0.412 e. The second-order valence-electron chi connectivity index (χ2n) is 1.65. The summed E-state index contributed by atoms with van der Waals surface area (Å²) in [6.07, 6.45) is -5.45. The van der Waals surface area contributed by atoms with E-state index in [0.717, 1.165) is 0 Å². The molecule has 0 aliphatic carbocycles. The lowest BCUT2D eigenvalue weighted by Gasteiger charge is -2.01. The first-order valence-electron chi connectivity index (χ1n) is 3.26. The molecule has 0 rings (SSSR count). The van der Waals surface area contributed by atoms with Crippen molar-refractivity contribution in [2.75, 3.05) is 0 Å². The average molecular weight is 296 g/mol. The van der Waals surface area contributed by atoms with Crippen LogP contribution in [0.3, 0.4) is 0 Å². The molecule has 0 saturated carbocycles. The fourth-order valence-corrected chi connectivity index (χ4v) is 0. The van der Waals surface area contributed by atoms with Crippen molar-refractivity contribution in [2.24, 2.45) is 0 Å². The molecule has 0 aliphatic rings. The summed E-state index contributed by atoms with van der Waals surface area (Å²) in [5.74, 6) is 0. The Hall–Kier alpha value is -1.31. The molecule has 0 atom stereocenters. The molecular weight excluding hydrogens is 272 g/mol. The summed E-state index contributed by atoms with van der Waals surface area (Å²) < 4.78 is 0. The van der Waals surface area contributed by atoms with E-state index in [-0.39, 0.29) is 44.7 Å². The van der Waals surface area contributed by atoms with E-state index < -0.39 is 18.9 Å². The van der Waals surface area contributed by atoms with Crippen LogP contribution in [-0.2, 0) is 14.4 Å². The Morgan fingerprint density at radius 3 is 0.789 bits per heavy atom. The van der Waals surface area contributed by atoms with Crippen molar-refractivity contribution in [3.63, 3.8) is 0 Å². The predicted molar refractivity (Wildman–Crippen MR) is 63.6 cm³/mol. The zero-order valence-electron chi connectivity index (χ0n) is 8.37. The summed E-state index contributed by atoms with van der Waals surface area (Å²) in [7, 11) is 0. The van der Waals surface area contributed by atoms with E-state index in [2.05, 4.69) is 0 Å². The minimum atomic E-state index is -2.04. The van der Waals surface area contributed by atoms with Crippen molar-refractivity contribution < 1.29 is 56.0 Å². The molecule has 10 N–H and O–H groups in total.